The minimum Gasteiger partial charge on any atom is -0.261 e. The van der Waals surface area contributed by atoms with Gasteiger partial charge in [0.15, 0.2) is 0 Å². The maximum Gasteiger partial charge on any atom is 0.123 e. The summed E-state index contributed by atoms with van der Waals surface area (Å²) in [5.74, 6) is -0.205. The molecule has 1 heterocycles. The summed E-state index contributed by atoms with van der Waals surface area (Å²) in [5.41, 5.74) is 2.97. The molecule has 0 radical (unpaired) electrons. The third-order valence-corrected chi connectivity index (χ3v) is 2.51. The largest absolute Gasteiger partial charge is 0.261 e. The van der Waals surface area contributed by atoms with E-state index in [9.17, 15) is 4.39 Å². The predicted octanol–water partition coefficient (Wildman–Crippen LogP) is 3.84. The Hall–Kier alpha value is -1.70. The first-order valence-corrected chi connectivity index (χ1v) is 5.51. The van der Waals surface area contributed by atoms with Crippen molar-refractivity contribution in [3.63, 3.8) is 0 Å². The van der Waals surface area contributed by atoms with Crippen LogP contribution in [0.15, 0.2) is 42.6 Å². The van der Waals surface area contributed by atoms with E-state index in [1.54, 1.807) is 18.3 Å². The zero-order chi connectivity index (χ0) is 11.4. The van der Waals surface area contributed by atoms with Gasteiger partial charge in [0, 0.05) is 17.5 Å². The maximum absolute atomic E-state index is 13.1. The first-order valence-electron chi connectivity index (χ1n) is 5.51. The number of nitrogens with zero attached hydrogens (tertiary/aromatic N) is 1. The molecular formula is C14H14FN. The lowest BCUT2D eigenvalue weighted by molar-refractivity contribution is 0.628. The summed E-state index contributed by atoms with van der Waals surface area (Å²) in [5, 5.41) is 0. The molecule has 0 spiro atoms. The molecule has 0 aliphatic carbocycles. The van der Waals surface area contributed by atoms with Crippen molar-refractivity contribution in [3.05, 3.63) is 54.1 Å². The van der Waals surface area contributed by atoms with Gasteiger partial charge < -0.3 is 0 Å². The van der Waals surface area contributed by atoms with E-state index in [4.69, 9.17) is 0 Å². The highest BCUT2D eigenvalue weighted by Gasteiger charge is 2.05. The number of pyridine rings is 1. The van der Waals surface area contributed by atoms with Gasteiger partial charge in [-0.15, -0.1) is 0 Å². The standard InChI is InChI=1S/C14H14FN/c1-2-5-14-13(8-4-9-16-14)11-6-3-7-12(15)10-11/h3-4,6-10H,2,5H2,1H3. The Morgan fingerprint density at radius 2 is 2.06 bits per heavy atom. The molecule has 2 heteroatoms. The van der Waals surface area contributed by atoms with Crippen molar-refractivity contribution >= 4 is 0 Å². The molecule has 0 atom stereocenters. The maximum atomic E-state index is 13.1. The van der Waals surface area contributed by atoms with E-state index in [1.807, 2.05) is 18.2 Å². The van der Waals surface area contributed by atoms with Crippen LogP contribution in [0.4, 0.5) is 4.39 Å². The molecule has 0 saturated heterocycles. The molecule has 0 aliphatic rings. The molecule has 0 saturated carbocycles. The summed E-state index contributed by atoms with van der Waals surface area (Å²) >= 11 is 0. The molecule has 0 fully saturated rings. The second-order valence-corrected chi connectivity index (χ2v) is 3.76. The van der Waals surface area contributed by atoms with Crippen LogP contribution in [0.3, 0.4) is 0 Å². The van der Waals surface area contributed by atoms with Crippen molar-refractivity contribution in [2.45, 2.75) is 19.8 Å². The van der Waals surface area contributed by atoms with Crippen molar-refractivity contribution in [2.24, 2.45) is 0 Å². The topological polar surface area (TPSA) is 12.9 Å². The van der Waals surface area contributed by atoms with Gasteiger partial charge >= 0.3 is 0 Å². The summed E-state index contributed by atoms with van der Waals surface area (Å²) < 4.78 is 13.1. The molecule has 0 amide bonds. The van der Waals surface area contributed by atoms with Crippen LogP contribution in [-0.4, -0.2) is 4.98 Å². The van der Waals surface area contributed by atoms with E-state index in [2.05, 4.69) is 11.9 Å². The molecule has 16 heavy (non-hydrogen) atoms. The van der Waals surface area contributed by atoms with Crippen molar-refractivity contribution < 1.29 is 4.39 Å². The molecule has 82 valence electrons. The van der Waals surface area contributed by atoms with Gasteiger partial charge in [0.25, 0.3) is 0 Å². The monoisotopic (exact) mass is 215 g/mol. The SMILES string of the molecule is CCCc1ncccc1-c1cccc(F)c1. The number of aromatic nitrogens is 1. The second-order valence-electron chi connectivity index (χ2n) is 3.76. The lowest BCUT2D eigenvalue weighted by Gasteiger charge is -2.07. The summed E-state index contributed by atoms with van der Waals surface area (Å²) in [4.78, 5) is 4.35. The van der Waals surface area contributed by atoms with Gasteiger partial charge in [-0.25, -0.2) is 4.39 Å². The summed E-state index contributed by atoms with van der Waals surface area (Å²) in [6.07, 6.45) is 3.75. The van der Waals surface area contributed by atoms with Crippen LogP contribution in [0, 0.1) is 5.82 Å². The van der Waals surface area contributed by atoms with E-state index in [0.29, 0.717) is 0 Å². The van der Waals surface area contributed by atoms with Crippen LogP contribution >= 0.6 is 0 Å². The van der Waals surface area contributed by atoms with E-state index < -0.39 is 0 Å². The van der Waals surface area contributed by atoms with Crippen molar-refractivity contribution in [1.29, 1.82) is 0 Å². The molecule has 1 aromatic carbocycles. The van der Waals surface area contributed by atoms with Crippen LogP contribution in [0.25, 0.3) is 11.1 Å². The zero-order valence-corrected chi connectivity index (χ0v) is 9.28. The normalized spacial score (nSPS) is 10.4. The Kier molecular flexibility index (Phi) is 3.30. The quantitative estimate of drug-likeness (QED) is 0.758. The van der Waals surface area contributed by atoms with Gasteiger partial charge in [-0.1, -0.05) is 31.5 Å². The molecule has 0 unspecified atom stereocenters. The van der Waals surface area contributed by atoms with E-state index in [-0.39, 0.29) is 5.82 Å². The fraction of sp³-hybridized carbons (Fsp3) is 0.214. The predicted molar refractivity (Wildman–Crippen MR) is 63.6 cm³/mol. The van der Waals surface area contributed by atoms with Crippen LogP contribution in [0.1, 0.15) is 19.0 Å². The number of halogens is 1. The lowest BCUT2D eigenvalue weighted by Crippen LogP contribution is -1.93. The first kappa shape index (κ1) is 10.8. The van der Waals surface area contributed by atoms with Crippen molar-refractivity contribution in [1.82, 2.24) is 4.98 Å². The second kappa shape index (κ2) is 4.88. The molecule has 0 bridgehead atoms. The highest BCUT2D eigenvalue weighted by atomic mass is 19.1. The zero-order valence-electron chi connectivity index (χ0n) is 9.28. The van der Waals surface area contributed by atoms with Crippen LogP contribution in [0.5, 0.6) is 0 Å². The van der Waals surface area contributed by atoms with Crippen LogP contribution in [0.2, 0.25) is 0 Å². The number of hydrogen-bond donors (Lipinski definition) is 0. The Balaban J connectivity index is 2.46. The first-order chi connectivity index (χ1) is 7.81. The third kappa shape index (κ3) is 2.27. The molecule has 1 aromatic heterocycles. The minimum atomic E-state index is -0.205. The molecule has 0 aliphatic heterocycles. The molecule has 0 N–H and O–H groups in total. The van der Waals surface area contributed by atoms with Gasteiger partial charge in [0.05, 0.1) is 0 Å². The van der Waals surface area contributed by atoms with Gasteiger partial charge in [0.1, 0.15) is 5.82 Å². The van der Waals surface area contributed by atoms with Crippen molar-refractivity contribution in [3.8, 4) is 11.1 Å². The smallest absolute Gasteiger partial charge is 0.123 e. The number of benzene rings is 1. The van der Waals surface area contributed by atoms with Crippen LogP contribution in [-0.2, 0) is 6.42 Å². The summed E-state index contributed by atoms with van der Waals surface area (Å²) in [7, 11) is 0. The Labute approximate surface area is 95.0 Å². The van der Waals surface area contributed by atoms with Gasteiger partial charge in [-0.3, -0.25) is 4.98 Å². The Bertz CT molecular complexity index is 480. The molecule has 1 nitrogen and oxygen atoms in total. The van der Waals surface area contributed by atoms with E-state index >= 15 is 0 Å². The minimum absolute atomic E-state index is 0.205. The highest BCUT2D eigenvalue weighted by Crippen LogP contribution is 2.23. The number of rotatable bonds is 3. The summed E-state index contributed by atoms with van der Waals surface area (Å²) in [6, 6.07) is 10.5. The molecule has 2 rings (SSSR count). The Morgan fingerprint density at radius 3 is 2.81 bits per heavy atom. The number of hydrogen-bond acceptors (Lipinski definition) is 1. The van der Waals surface area contributed by atoms with Gasteiger partial charge in [-0.05, 0) is 30.2 Å². The fourth-order valence-corrected chi connectivity index (χ4v) is 1.79. The summed E-state index contributed by atoms with van der Waals surface area (Å²) in [6.45, 7) is 2.12. The third-order valence-electron chi connectivity index (χ3n) is 2.51. The average molecular weight is 215 g/mol. The highest BCUT2D eigenvalue weighted by molar-refractivity contribution is 5.65. The average Bonchev–Trinajstić information content (AvgIpc) is 2.30. The van der Waals surface area contributed by atoms with Gasteiger partial charge in [-0.2, -0.15) is 0 Å². The van der Waals surface area contributed by atoms with E-state index in [0.717, 1.165) is 29.7 Å². The molecular weight excluding hydrogens is 201 g/mol. The molecule has 2 aromatic rings. The fourth-order valence-electron chi connectivity index (χ4n) is 1.79. The van der Waals surface area contributed by atoms with Crippen molar-refractivity contribution in [2.75, 3.05) is 0 Å². The van der Waals surface area contributed by atoms with E-state index in [1.165, 1.54) is 6.07 Å². The number of aryl methyl sites for hydroxylation is 1. The Morgan fingerprint density at radius 1 is 1.19 bits per heavy atom. The van der Waals surface area contributed by atoms with Gasteiger partial charge in [0.2, 0.25) is 0 Å². The van der Waals surface area contributed by atoms with Crippen LogP contribution < -0.4 is 0 Å². The lowest BCUT2D eigenvalue weighted by atomic mass is 10.0.